The van der Waals surface area contributed by atoms with Crippen molar-refractivity contribution in [2.75, 3.05) is 13.7 Å². The highest BCUT2D eigenvalue weighted by Gasteiger charge is 2.26. The van der Waals surface area contributed by atoms with Crippen molar-refractivity contribution in [1.82, 2.24) is 0 Å². The van der Waals surface area contributed by atoms with Gasteiger partial charge in [-0.15, -0.1) is 0 Å². The summed E-state index contributed by atoms with van der Waals surface area (Å²) in [6.45, 7) is 9.06. The van der Waals surface area contributed by atoms with Crippen molar-refractivity contribution >= 4 is 16.8 Å². The predicted octanol–water partition coefficient (Wildman–Crippen LogP) is 3.09. The highest BCUT2D eigenvalue weighted by molar-refractivity contribution is 6.64. The fourth-order valence-electron chi connectivity index (χ4n) is 1.21. The quantitative estimate of drug-likeness (QED) is 0.666. The minimum absolute atomic E-state index is 0.170. The monoisotopic (exact) mass is 220 g/mol. The molecule has 0 aliphatic rings. The molecule has 0 saturated heterocycles. The molecule has 0 aliphatic heterocycles. The van der Waals surface area contributed by atoms with Crippen LogP contribution in [0.5, 0.6) is 0 Å². The van der Waals surface area contributed by atoms with Gasteiger partial charge in [0.05, 0.1) is 12.5 Å². The number of halogens is 1. The van der Waals surface area contributed by atoms with E-state index >= 15 is 0 Å². The van der Waals surface area contributed by atoms with Gasteiger partial charge >= 0.3 is 0 Å². The molecule has 0 aromatic carbocycles. The molecule has 0 saturated carbocycles. The topological polar surface area (TPSA) is 26.3 Å². The zero-order chi connectivity index (χ0) is 11.4. The summed E-state index contributed by atoms with van der Waals surface area (Å²) in [5.41, 5.74) is 0.207. The van der Waals surface area contributed by atoms with E-state index in [1.165, 1.54) is 0 Å². The summed E-state index contributed by atoms with van der Waals surface area (Å²) in [6, 6.07) is 0. The van der Waals surface area contributed by atoms with Gasteiger partial charge < -0.3 is 4.74 Å². The van der Waals surface area contributed by atoms with Crippen LogP contribution in [0.4, 0.5) is 0 Å². The van der Waals surface area contributed by atoms with Crippen LogP contribution < -0.4 is 0 Å². The van der Waals surface area contributed by atoms with E-state index in [0.717, 1.165) is 6.42 Å². The van der Waals surface area contributed by atoms with E-state index in [-0.39, 0.29) is 16.6 Å². The number of carbonyl (C=O) groups excluding carboxylic acids is 1. The number of carbonyl (C=O) groups is 1. The molecule has 2 nitrogen and oxygen atoms in total. The molecule has 0 rings (SSSR count). The molecular formula is C11H21ClO2. The van der Waals surface area contributed by atoms with Crippen LogP contribution in [0, 0.1) is 17.3 Å². The third-order valence-electron chi connectivity index (χ3n) is 2.81. The van der Waals surface area contributed by atoms with Crippen LogP contribution in [0.2, 0.25) is 0 Å². The minimum Gasteiger partial charge on any atom is -0.384 e. The first-order valence-corrected chi connectivity index (χ1v) is 5.35. The molecule has 84 valence electrons. The summed E-state index contributed by atoms with van der Waals surface area (Å²) in [5.74, 6) is 0.279. The molecule has 0 fully saturated rings. The van der Waals surface area contributed by atoms with Gasteiger partial charge in [-0.05, 0) is 29.4 Å². The lowest BCUT2D eigenvalue weighted by Crippen LogP contribution is -2.25. The smallest absolute Gasteiger partial charge is 0.227 e. The molecule has 0 bridgehead atoms. The first-order valence-electron chi connectivity index (χ1n) is 4.97. The number of hydrogen-bond donors (Lipinski definition) is 0. The molecule has 14 heavy (non-hydrogen) atoms. The zero-order valence-electron chi connectivity index (χ0n) is 9.76. The second-order valence-electron chi connectivity index (χ2n) is 4.96. The number of hydrogen-bond acceptors (Lipinski definition) is 2. The van der Waals surface area contributed by atoms with Crippen LogP contribution in [0.15, 0.2) is 0 Å². The van der Waals surface area contributed by atoms with Crippen LogP contribution in [-0.4, -0.2) is 19.0 Å². The van der Waals surface area contributed by atoms with Gasteiger partial charge in [0.2, 0.25) is 5.24 Å². The van der Waals surface area contributed by atoms with Gasteiger partial charge in [-0.3, -0.25) is 4.79 Å². The van der Waals surface area contributed by atoms with Crippen LogP contribution in [-0.2, 0) is 9.53 Å². The van der Waals surface area contributed by atoms with E-state index in [9.17, 15) is 4.79 Å². The molecular weight excluding hydrogens is 200 g/mol. The maximum absolute atomic E-state index is 11.1. The summed E-state index contributed by atoms with van der Waals surface area (Å²) >= 11 is 5.50. The molecule has 0 spiro atoms. The Kier molecular flexibility index (Phi) is 5.68. The highest BCUT2D eigenvalue weighted by Crippen LogP contribution is 2.31. The summed E-state index contributed by atoms with van der Waals surface area (Å²) in [5, 5.41) is -0.289. The number of methoxy groups -OCH3 is 1. The van der Waals surface area contributed by atoms with Crippen molar-refractivity contribution < 1.29 is 9.53 Å². The molecule has 2 atom stereocenters. The Labute approximate surface area is 92.0 Å². The maximum atomic E-state index is 11.1. The predicted molar refractivity (Wildman–Crippen MR) is 59.5 cm³/mol. The van der Waals surface area contributed by atoms with Crippen molar-refractivity contribution in [2.24, 2.45) is 17.3 Å². The third-order valence-corrected chi connectivity index (χ3v) is 3.11. The Hall–Kier alpha value is -0.0800. The average Bonchev–Trinajstić information content (AvgIpc) is 2.01. The summed E-state index contributed by atoms with van der Waals surface area (Å²) in [4.78, 5) is 11.1. The lowest BCUT2D eigenvalue weighted by Gasteiger charge is -2.29. The van der Waals surface area contributed by atoms with Gasteiger partial charge in [0, 0.05) is 7.11 Å². The molecule has 3 heteroatoms. The Morgan fingerprint density at radius 2 is 1.93 bits per heavy atom. The molecule has 0 radical (unpaired) electrons. The first kappa shape index (κ1) is 13.9. The Morgan fingerprint density at radius 3 is 2.21 bits per heavy atom. The Morgan fingerprint density at radius 1 is 1.43 bits per heavy atom. The second-order valence-corrected chi connectivity index (χ2v) is 5.33. The van der Waals surface area contributed by atoms with E-state index in [1.54, 1.807) is 7.11 Å². The van der Waals surface area contributed by atoms with Crippen LogP contribution in [0.25, 0.3) is 0 Å². The second kappa shape index (κ2) is 5.72. The Bertz CT molecular complexity index is 184. The van der Waals surface area contributed by atoms with E-state index in [0.29, 0.717) is 12.5 Å². The fourth-order valence-corrected chi connectivity index (χ4v) is 1.36. The summed E-state index contributed by atoms with van der Waals surface area (Å²) < 4.78 is 4.97. The third kappa shape index (κ3) is 4.97. The summed E-state index contributed by atoms with van der Waals surface area (Å²) in [7, 11) is 1.59. The largest absolute Gasteiger partial charge is 0.384 e. The fraction of sp³-hybridized carbons (Fsp3) is 0.909. The normalized spacial score (nSPS) is 16.4. The zero-order valence-corrected chi connectivity index (χ0v) is 10.5. The minimum atomic E-state index is -0.289. The first-order chi connectivity index (χ1) is 6.29. The highest BCUT2D eigenvalue weighted by atomic mass is 35.5. The van der Waals surface area contributed by atoms with Crippen molar-refractivity contribution in [1.29, 1.82) is 0 Å². The standard InChI is InChI=1S/C11H21ClO2/c1-8(11(2,3)4)6-9(7-14-5)10(12)13/h8-9H,6-7H2,1-5H3. The van der Waals surface area contributed by atoms with Crippen molar-refractivity contribution in [3.8, 4) is 0 Å². The van der Waals surface area contributed by atoms with Gasteiger partial charge in [-0.2, -0.15) is 0 Å². The lowest BCUT2D eigenvalue weighted by atomic mass is 9.77. The van der Waals surface area contributed by atoms with E-state index in [2.05, 4.69) is 27.7 Å². The molecule has 0 aromatic rings. The van der Waals surface area contributed by atoms with Gasteiger partial charge in [0.25, 0.3) is 0 Å². The van der Waals surface area contributed by atoms with E-state index in [4.69, 9.17) is 16.3 Å². The maximum Gasteiger partial charge on any atom is 0.227 e. The molecule has 0 aromatic heterocycles. The van der Waals surface area contributed by atoms with Crippen molar-refractivity contribution in [3.63, 3.8) is 0 Å². The Balaban J connectivity index is 4.23. The molecule has 0 N–H and O–H groups in total. The lowest BCUT2D eigenvalue weighted by molar-refractivity contribution is -0.117. The van der Waals surface area contributed by atoms with E-state index < -0.39 is 0 Å². The van der Waals surface area contributed by atoms with E-state index in [1.807, 2.05) is 0 Å². The van der Waals surface area contributed by atoms with Gasteiger partial charge in [0.1, 0.15) is 0 Å². The van der Waals surface area contributed by atoms with Crippen molar-refractivity contribution in [3.05, 3.63) is 0 Å². The number of ether oxygens (including phenoxy) is 1. The van der Waals surface area contributed by atoms with Crippen LogP contribution in [0.3, 0.4) is 0 Å². The van der Waals surface area contributed by atoms with Gasteiger partial charge in [-0.1, -0.05) is 27.7 Å². The number of rotatable bonds is 5. The summed E-state index contributed by atoms with van der Waals surface area (Å²) in [6.07, 6.45) is 0.791. The molecule has 0 heterocycles. The van der Waals surface area contributed by atoms with Crippen molar-refractivity contribution in [2.45, 2.75) is 34.1 Å². The van der Waals surface area contributed by atoms with Gasteiger partial charge in [-0.25, -0.2) is 0 Å². The van der Waals surface area contributed by atoms with Crippen LogP contribution in [0.1, 0.15) is 34.1 Å². The average molecular weight is 221 g/mol. The SMILES string of the molecule is COCC(CC(C)C(C)(C)C)C(=O)Cl. The molecule has 0 amide bonds. The van der Waals surface area contributed by atoms with Gasteiger partial charge in [0.15, 0.2) is 0 Å². The van der Waals surface area contributed by atoms with Crippen LogP contribution >= 0.6 is 11.6 Å². The molecule has 0 aliphatic carbocycles. The molecule has 2 unspecified atom stereocenters.